The smallest absolute Gasteiger partial charge is 0.0686 e. The van der Waals surface area contributed by atoms with Crippen molar-refractivity contribution in [2.45, 2.75) is 53.4 Å². The zero-order valence-electron chi connectivity index (χ0n) is 14.5. The third-order valence-corrected chi connectivity index (χ3v) is 5.13. The number of aliphatic imine (C=N–C) groups is 1. The van der Waals surface area contributed by atoms with Crippen molar-refractivity contribution in [2.24, 2.45) is 4.99 Å². The summed E-state index contributed by atoms with van der Waals surface area (Å²) in [6.07, 6.45) is 6.22. The van der Waals surface area contributed by atoms with Crippen LogP contribution in [0.5, 0.6) is 0 Å². The molecular weight excluding hydrogens is 327 g/mol. The Hall–Kier alpha value is -0.990. The molecule has 4 heteroatoms. The number of hydrogen-bond donors (Lipinski definition) is 1. The Morgan fingerprint density at radius 3 is 2.30 bits per heavy atom. The van der Waals surface area contributed by atoms with Gasteiger partial charge in [0, 0.05) is 28.9 Å². The fourth-order valence-electron chi connectivity index (χ4n) is 3.23. The second-order valence-electron chi connectivity index (χ2n) is 6.18. The van der Waals surface area contributed by atoms with Crippen LogP contribution < -0.4 is 0 Å². The standard InChI is InChI=1S/C19H26Cl2N2/c1-12-16(7-5-9-20)14(3)22-18(12)11-19-13(2)17(8-6-10-21)15(4)23-19/h11,22H,5-10H2,1-4H3/b19-11-. The molecule has 0 bridgehead atoms. The Bertz CT molecular complexity index is 663. The van der Waals surface area contributed by atoms with Gasteiger partial charge in [0.25, 0.3) is 0 Å². The summed E-state index contributed by atoms with van der Waals surface area (Å²) in [7, 11) is 0. The summed E-state index contributed by atoms with van der Waals surface area (Å²) in [5, 5.41) is 0. The van der Waals surface area contributed by atoms with E-state index in [0.29, 0.717) is 11.8 Å². The first-order chi connectivity index (χ1) is 11.0. The van der Waals surface area contributed by atoms with Crippen LogP contribution in [-0.4, -0.2) is 22.5 Å². The lowest BCUT2D eigenvalue weighted by Gasteiger charge is -2.03. The average molecular weight is 353 g/mol. The number of rotatable bonds is 7. The normalized spacial score (nSPS) is 16.6. The van der Waals surface area contributed by atoms with Crippen molar-refractivity contribution in [1.29, 1.82) is 0 Å². The van der Waals surface area contributed by atoms with Crippen LogP contribution >= 0.6 is 23.2 Å². The number of H-pyrrole nitrogens is 1. The van der Waals surface area contributed by atoms with Crippen LogP contribution in [-0.2, 0) is 6.42 Å². The SMILES string of the molecule is CC1=N/C(=C\c2[nH]c(C)c(CCCCl)c2C)C(C)=C1CCCCl. The van der Waals surface area contributed by atoms with Crippen molar-refractivity contribution < 1.29 is 0 Å². The maximum Gasteiger partial charge on any atom is 0.0686 e. The molecule has 0 fully saturated rings. The molecule has 2 rings (SSSR count). The Morgan fingerprint density at radius 2 is 1.65 bits per heavy atom. The van der Waals surface area contributed by atoms with Gasteiger partial charge in [0.1, 0.15) is 0 Å². The van der Waals surface area contributed by atoms with E-state index in [1.165, 1.54) is 28.0 Å². The van der Waals surface area contributed by atoms with Gasteiger partial charge < -0.3 is 4.98 Å². The zero-order chi connectivity index (χ0) is 17.0. The molecule has 0 spiro atoms. The van der Waals surface area contributed by atoms with Crippen molar-refractivity contribution in [3.8, 4) is 0 Å². The quantitative estimate of drug-likeness (QED) is 0.587. The van der Waals surface area contributed by atoms with Crippen LogP contribution in [0.15, 0.2) is 21.8 Å². The van der Waals surface area contributed by atoms with Gasteiger partial charge in [0.2, 0.25) is 0 Å². The summed E-state index contributed by atoms with van der Waals surface area (Å²) in [6, 6.07) is 0. The van der Waals surface area contributed by atoms with Crippen molar-refractivity contribution in [3.63, 3.8) is 0 Å². The van der Waals surface area contributed by atoms with E-state index in [9.17, 15) is 0 Å². The fraction of sp³-hybridized carbons (Fsp3) is 0.526. The first kappa shape index (κ1) is 18.4. The summed E-state index contributed by atoms with van der Waals surface area (Å²) >= 11 is 11.7. The number of alkyl halides is 2. The molecule has 23 heavy (non-hydrogen) atoms. The molecule has 1 aromatic rings. The summed E-state index contributed by atoms with van der Waals surface area (Å²) in [4.78, 5) is 8.27. The van der Waals surface area contributed by atoms with E-state index in [1.807, 2.05) is 0 Å². The number of aryl methyl sites for hydroxylation is 1. The minimum atomic E-state index is 0.696. The number of nitrogens with zero attached hydrogens (tertiary/aromatic N) is 1. The maximum atomic E-state index is 5.84. The van der Waals surface area contributed by atoms with Gasteiger partial charge in [-0.2, -0.15) is 0 Å². The van der Waals surface area contributed by atoms with Gasteiger partial charge >= 0.3 is 0 Å². The molecule has 0 aromatic carbocycles. The molecule has 0 atom stereocenters. The van der Waals surface area contributed by atoms with Gasteiger partial charge in [-0.25, -0.2) is 0 Å². The van der Waals surface area contributed by atoms with Crippen LogP contribution in [0.2, 0.25) is 0 Å². The molecule has 0 aliphatic carbocycles. The summed E-state index contributed by atoms with van der Waals surface area (Å²) in [6.45, 7) is 8.57. The van der Waals surface area contributed by atoms with Gasteiger partial charge in [0.15, 0.2) is 0 Å². The third-order valence-electron chi connectivity index (χ3n) is 4.60. The van der Waals surface area contributed by atoms with E-state index < -0.39 is 0 Å². The predicted octanol–water partition coefficient (Wildman–Crippen LogP) is 5.95. The maximum absolute atomic E-state index is 5.84. The first-order valence-corrected chi connectivity index (χ1v) is 9.34. The van der Waals surface area contributed by atoms with E-state index in [1.54, 1.807) is 0 Å². The molecule has 1 N–H and O–H groups in total. The summed E-state index contributed by atoms with van der Waals surface area (Å²) in [5.74, 6) is 1.40. The molecule has 0 saturated heterocycles. The van der Waals surface area contributed by atoms with Crippen LogP contribution in [0.1, 0.15) is 55.6 Å². The highest BCUT2D eigenvalue weighted by molar-refractivity contribution is 6.18. The number of hydrogen-bond acceptors (Lipinski definition) is 1. The minimum Gasteiger partial charge on any atom is -0.359 e. The van der Waals surface area contributed by atoms with E-state index in [-0.39, 0.29) is 0 Å². The second-order valence-corrected chi connectivity index (χ2v) is 6.94. The molecular formula is C19H26Cl2N2. The molecule has 1 aromatic heterocycles. The van der Waals surface area contributed by atoms with Gasteiger partial charge in [-0.05, 0) is 81.7 Å². The second kappa shape index (κ2) is 8.21. The zero-order valence-corrected chi connectivity index (χ0v) is 16.0. The van der Waals surface area contributed by atoms with Crippen LogP contribution in [0.4, 0.5) is 0 Å². The monoisotopic (exact) mass is 352 g/mol. The Morgan fingerprint density at radius 1 is 1.00 bits per heavy atom. The average Bonchev–Trinajstić information content (AvgIpc) is 2.93. The highest BCUT2D eigenvalue weighted by atomic mass is 35.5. The van der Waals surface area contributed by atoms with Crippen molar-refractivity contribution in [3.05, 3.63) is 39.4 Å². The van der Waals surface area contributed by atoms with E-state index >= 15 is 0 Å². The Kier molecular flexibility index (Phi) is 6.55. The minimum absolute atomic E-state index is 0.696. The van der Waals surface area contributed by atoms with Crippen LogP contribution in [0.25, 0.3) is 6.08 Å². The number of aromatic nitrogens is 1. The lowest BCUT2D eigenvalue weighted by molar-refractivity contribution is 0.912. The van der Waals surface area contributed by atoms with E-state index in [0.717, 1.165) is 42.8 Å². The lowest BCUT2D eigenvalue weighted by Crippen LogP contribution is -1.95. The highest BCUT2D eigenvalue weighted by Gasteiger charge is 2.18. The highest BCUT2D eigenvalue weighted by Crippen LogP contribution is 2.31. The Balaban J connectivity index is 2.31. The summed E-state index contributed by atoms with van der Waals surface area (Å²) < 4.78 is 0. The van der Waals surface area contributed by atoms with Crippen molar-refractivity contribution >= 4 is 35.0 Å². The molecule has 0 unspecified atom stereocenters. The molecule has 0 saturated carbocycles. The number of halogens is 2. The summed E-state index contributed by atoms with van der Waals surface area (Å²) in [5.41, 5.74) is 9.93. The van der Waals surface area contributed by atoms with Crippen LogP contribution in [0.3, 0.4) is 0 Å². The van der Waals surface area contributed by atoms with Crippen LogP contribution in [0, 0.1) is 13.8 Å². The van der Waals surface area contributed by atoms with Crippen molar-refractivity contribution in [1.82, 2.24) is 4.98 Å². The number of allylic oxidation sites excluding steroid dienone is 2. The largest absolute Gasteiger partial charge is 0.359 e. The van der Waals surface area contributed by atoms with E-state index in [4.69, 9.17) is 28.2 Å². The van der Waals surface area contributed by atoms with Gasteiger partial charge in [-0.15, -0.1) is 23.2 Å². The van der Waals surface area contributed by atoms with Gasteiger partial charge in [-0.3, -0.25) is 4.99 Å². The molecule has 2 heterocycles. The van der Waals surface area contributed by atoms with Crippen molar-refractivity contribution in [2.75, 3.05) is 11.8 Å². The molecule has 2 nitrogen and oxygen atoms in total. The first-order valence-electron chi connectivity index (χ1n) is 8.27. The molecule has 0 amide bonds. The topological polar surface area (TPSA) is 28.1 Å². The van der Waals surface area contributed by atoms with Gasteiger partial charge in [-0.1, -0.05) is 0 Å². The predicted molar refractivity (Wildman–Crippen MR) is 103 cm³/mol. The Labute approximate surface area is 149 Å². The third kappa shape index (κ3) is 4.10. The fourth-order valence-corrected chi connectivity index (χ4v) is 3.49. The van der Waals surface area contributed by atoms with Gasteiger partial charge in [0.05, 0.1) is 5.70 Å². The molecule has 1 aliphatic rings. The molecule has 1 aliphatic heterocycles. The molecule has 0 radical (unpaired) electrons. The number of aromatic amines is 1. The van der Waals surface area contributed by atoms with E-state index in [2.05, 4.69) is 38.8 Å². The molecule has 126 valence electrons. The lowest BCUT2D eigenvalue weighted by atomic mass is 10.0. The number of nitrogens with one attached hydrogen (secondary N) is 1.